The maximum atomic E-state index is 11.3. The molecule has 1 aromatic carbocycles. The Kier molecular flexibility index (Phi) is 2.32. The number of aromatic carboxylic acids is 1. The molecule has 2 heteroatoms. The number of rotatable bonds is 2. The standard InChI is InChI=1S/C15H16O2/c1-9-6-10-7-13(9)14(8-10)11-4-2-3-5-12(11)15(16)17/h2-6,10,13-14H,7-8H2,1H3,(H,16,17). The van der Waals surface area contributed by atoms with E-state index in [4.69, 9.17) is 0 Å². The van der Waals surface area contributed by atoms with Gasteiger partial charge in [0.2, 0.25) is 0 Å². The monoisotopic (exact) mass is 228 g/mol. The molecular formula is C15H16O2. The SMILES string of the molecule is CC1=CC2CC1C(c1ccccc1C(=O)O)C2. The summed E-state index contributed by atoms with van der Waals surface area (Å²) in [4.78, 5) is 11.3. The van der Waals surface area contributed by atoms with Gasteiger partial charge in [-0.15, -0.1) is 0 Å². The minimum absolute atomic E-state index is 0.414. The number of hydrogen-bond donors (Lipinski definition) is 1. The molecule has 0 radical (unpaired) electrons. The third-order valence-corrected chi connectivity index (χ3v) is 4.27. The number of carbonyl (C=O) groups is 1. The molecule has 0 aliphatic heterocycles. The lowest BCUT2D eigenvalue weighted by Gasteiger charge is -2.23. The van der Waals surface area contributed by atoms with Gasteiger partial charge in [0.15, 0.2) is 0 Å². The number of carboxylic acids is 1. The minimum atomic E-state index is -0.801. The molecule has 1 aromatic rings. The van der Waals surface area contributed by atoms with Crippen LogP contribution in [0.1, 0.15) is 41.6 Å². The van der Waals surface area contributed by atoms with E-state index in [2.05, 4.69) is 13.0 Å². The van der Waals surface area contributed by atoms with E-state index in [0.29, 0.717) is 23.3 Å². The number of carboxylic acid groups (broad SMARTS) is 1. The van der Waals surface area contributed by atoms with Gasteiger partial charge in [-0.25, -0.2) is 4.79 Å². The van der Waals surface area contributed by atoms with E-state index in [1.165, 1.54) is 12.0 Å². The van der Waals surface area contributed by atoms with Gasteiger partial charge in [0.1, 0.15) is 0 Å². The van der Waals surface area contributed by atoms with Gasteiger partial charge >= 0.3 is 5.97 Å². The van der Waals surface area contributed by atoms with Crippen molar-refractivity contribution in [2.75, 3.05) is 0 Å². The van der Waals surface area contributed by atoms with Crippen molar-refractivity contribution in [3.05, 3.63) is 47.0 Å². The highest BCUT2D eigenvalue weighted by molar-refractivity contribution is 5.89. The second kappa shape index (κ2) is 3.73. The fourth-order valence-electron chi connectivity index (χ4n) is 3.57. The molecule has 0 aromatic heterocycles. The normalized spacial score (nSPS) is 30.4. The Hall–Kier alpha value is -1.57. The predicted molar refractivity (Wildman–Crippen MR) is 66.1 cm³/mol. The molecule has 1 fully saturated rings. The van der Waals surface area contributed by atoms with Gasteiger partial charge in [-0.05, 0) is 49.1 Å². The van der Waals surface area contributed by atoms with Crippen molar-refractivity contribution >= 4 is 5.97 Å². The van der Waals surface area contributed by atoms with Crippen LogP contribution in [0.3, 0.4) is 0 Å². The zero-order chi connectivity index (χ0) is 12.0. The summed E-state index contributed by atoms with van der Waals surface area (Å²) in [6, 6.07) is 7.47. The van der Waals surface area contributed by atoms with E-state index in [-0.39, 0.29) is 0 Å². The number of allylic oxidation sites excluding steroid dienone is 2. The summed E-state index contributed by atoms with van der Waals surface area (Å²) in [5.74, 6) is 0.856. The van der Waals surface area contributed by atoms with Gasteiger partial charge < -0.3 is 5.11 Å². The van der Waals surface area contributed by atoms with Gasteiger partial charge in [0, 0.05) is 0 Å². The molecule has 2 nitrogen and oxygen atoms in total. The van der Waals surface area contributed by atoms with Crippen LogP contribution in [0.2, 0.25) is 0 Å². The Bertz CT molecular complexity index is 501. The molecule has 3 unspecified atom stereocenters. The van der Waals surface area contributed by atoms with E-state index in [9.17, 15) is 9.90 Å². The van der Waals surface area contributed by atoms with Crippen LogP contribution in [0.15, 0.2) is 35.9 Å². The van der Waals surface area contributed by atoms with E-state index < -0.39 is 5.97 Å². The van der Waals surface area contributed by atoms with Crippen molar-refractivity contribution in [2.24, 2.45) is 11.8 Å². The average Bonchev–Trinajstić information content (AvgIpc) is 2.87. The second-order valence-corrected chi connectivity index (χ2v) is 5.25. The topological polar surface area (TPSA) is 37.3 Å². The van der Waals surface area contributed by atoms with Crippen LogP contribution in [-0.2, 0) is 0 Å². The van der Waals surface area contributed by atoms with E-state index >= 15 is 0 Å². The first-order valence-corrected chi connectivity index (χ1v) is 6.17. The highest BCUT2D eigenvalue weighted by Crippen LogP contribution is 2.52. The quantitative estimate of drug-likeness (QED) is 0.787. The first kappa shape index (κ1) is 10.6. The Morgan fingerprint density at radius 1 is 1.24 bits per heavy atom. The molecule has 3 atom stereocenters. The summed E-state index contributed by atoms with van der Waals surface area (Å²) in [6.45, 7) is 2.18. The van der Waals surface area contributed by atoms with Crippen LogP contribution >= 0.6 is 0 Å². The number of hydrogen-bond acceptors (Lipinski definition) is 1. The van der Waals surface area contributed by atoms with Crippen molar-refractivity contribution in [3.8, 4) is 0 Å². The fourth-order valence-corrected chi connectivity index (χ4v) is 3.57. The molecule has 1 N–H and O–H groups in total. The van der Waals surface area contributed by atoms with Crippen molar-refractivity contribution in [2.45, 2.75) is 25.7 Å². The predicted octanol–water partition coefficient (Wildman–Crippen LogP) is 3.45. The van der Waals surface area contributed by atoms with Crippen LogP contribution in [0, 0.1) is 11.8 Å². The molecule has 2 bridgehead atoms. The van der Waals surface area contributed by atoms with Gasteiger partial charge in [-0.3, -0.25) is 0 Å². The Labute approximate surface area is 101 Å². The smallest absolute Gasteiger partial charge is 0.335 e. The molecule has 0 amide bonds. The van der Waals surface area contributed by atoms with E-state index in [0.717, 1.165) is 12.0 Å². The van der Waals surface area contributed by atoms with Crippen molar-refractivity contribution < 1.29 is 9.90 Å². The summed E-state index contributed by atoms with van der Waals surface area (Å²) >= 11 is 0. The van der Waals surface area contributed by atoms with Crippen LogP contribution < -0.4 is 0 Å². The molecule has 2 aliphatic rings. The van der Waals surface area contributed by atoms with Gasteiger partial charge in [-0.1, -0.05) is 29.8 Å². The summed E-state index contributed by atoms with van der Waals surface area (Å²) in [6.07, 6.45) is 4.70. The van der Waals surface area contributed by atoms with Crippen LogP contribution in [-0.4, -0.2) is 11.1 Å². The Balaban J connectivity index is 2.01. The first-order valence-electron chi connectivity index (χ1n) is 6.17. The zero-order valence-corrected chi connectivity index (χ0v) is 9.89. The second-order valence-electron chi connectivity index (χ2n) is 5.25. The lowest BCUT2D eigenvalue weighted by Crippen LogP contribution is -2.13. The van der Waals surface area contributed by atoms with Crippen molar-refractivity contribution in [1.29, 1.82) is 0 Å². The highest BCUT2D eigenvalue weighted by atomic mass is 16.4. The fraction of sp³-hybridized carbons (Fsp3) is 0.400. The molecular weight excluding hydrogens is 212 g/mol. The van der Waals surface area contributed by atoms with E-state index in [1.807, 2.05) is 18.2 Å². The largest absolute Gasteiger partial charge is 0.478 e. The van der Waals surface area contributed by atoms with Gasteiger partial charge in [0.25, 0.3) is 0 Å². The zero-order valence-electron chi connectivity index (χ0n) is 9.89. The van der Waals surface area contributed by atoms with Crippen LogP contribution in [0.5, 0.6) is 0 Å². The summed E-state index contributed by atoms with van der Waals surface area (Å²) in [5.41, 5.74) is 2.96. The Morgan fingerprint density at radius 3 is 2.59 bits per heavy atom. The van der Waals surface area contributed by atoms with E-state index in [1.54, 1.807) is 6.07 Å². The average molecular weight is 228 g/mol. The maximum absolute atomic E-state index is 11.3. The van der Waals surface area contributed by atoms with Crippen LogP contribution in [0.25, 0.3) is 0 Å². The molecule has 0 heterocycles. The Morgan fingerprint density at radius 2 is 1.94 bits per heavy atom. The third kappa shape index (κ3) is 1.59. The van der Waals surface area contributed by atoms with Gasteiger partial charge in [-0.2, -0.15) is 0 Å². The summed E-state index contributed by atoms with van der Waals surface area (Å²) < 4.78 is 0. The number of benzene rings is 1. The highest BCUT2D eigenvalue weighted by Gasteiger charge is 2.40. The third-order valence-electron chi connectivity index (χ3n) is 4.27. The first-order chi connectivity index (χ1) is 8.16. The molecule has 88 valence electrons. The van der Waals surface area contributed by atoms with Gasteiger partial charge in [0.05, 0.1) is 5.56 Å². The lowest BCUT2D eigenvalue weighted by atomic mass is 9.81. The molecule has 1 saturated carbocycles. The molecule has 3 rings (SSSR count). The molecule has 0 spiro atoms. The van der Waals surface area contributed by atoms with Crippen molar-refractivity contribution in [3.63, 3.8) is 0 Å². The minimum Gasteiger partial charge on any atom is -0.478 e. The summed E-state index contributed by atoms with van der Waals surface area (Å²) in [5, 5.41) is 9.25. The molecule has 0 saturated heterocycles. The maximum Gasteiger partial charge on any atom is 0.335 e. The molecule has 17 heavy (non-hydrogen) atoms. The summed E-state index contributed by atoms with van der Waals surface area (Å²) in [7, 11) is 0. The number of fused-ring (bicyclic) bond motifs is 2. The van der Waals surface area contributed by atoms with Crippen LogP contribution in [0.4, 0.5) is 0 Å². The van der Waals surface area contributed by atoms with Crippen molar-refractivity contribution in [1.82, 2.24) is 0 Å². The molecule has 2 aliphatic carbocycles. The lowest BCUT2D eigenvalue weighted by molar-refractivity contribution is 0.0695.